The molecule has 0 aliphatic heterocycles. The van der Waals surface area contributed by atoms with E-state index < -0.39 is 0 Å². The predicted molar refractivity (Wildman–Crippen MR) is 63.3 cm³/mol. The van der Waals surface area contributed by atoms with Crippen molar-refractivity contribution in [2.45, 2.75) is 13.8 Å². The molecule has 0 amide bonds. The molecule has 0 saturated carbocycles. The fourth-order valence-electron chi connectivity index (χ4n) is 1.53. The van der Waals surface area contributed by atoms with Crippen LogP contribution in [0.1, 0.15) is 21.5 Å². The summed E-state index contributed by atoms with van der Waals surface area (Å²) in [6.07, 6.45) is 1.74. The molecule has 2 heteroatoms. The molecule has 0 bridgehead atoms. The molecule has 0 aliphatic carbocycles. The second-order valence-corrected chi connectivity index (χ2v) is 3.72. The minimum atomic E-state index is 0.128. The van der Waals surface area contributed by atoms with Crippen molar-refractivity contribution in [3.63, 3.8) is 0 Å². The van der Waals surface area contributed by atoms with Crippen LogP contribution >= 0.6 is 0 Å². The molecule has 0 atom stereocenters. The summed E-state index contributed by atoms with van der Waals surface area (Å²) < 4.78 is 0. The summed E-state index contributed by atoms with van der Waals surface area (Å²) >= 11 is 0. The van der Waals surface area contributed by atoms with Gasteiger partial charge < -0.3 is 5.32 Å². The molecule has 1 N–H and O–H groups in total. The molecular weight excluding hydrogens is 186 g/mol. The van der Waals surface area contributed by atoms with Gasteiger partial charge in [-0.3, -0.25) is 4.79 Å². The van der Waals surface area contributed by atoms with E-state index in [2.05, 4.69) is 18.0 Å². The normalized spacial score (nSPS) is 10.0. The molecule has 0 unspecified atom stereocenters. The third-order valence-electron chi connectivity index (χ3n) is 2.12. The monoisotopic (exact) mass is 203 g/mol. The van der Waals surface area contributed by atoms with Crippen molar-refractivity contribution in [3.05, 3.63) is 47.5 Å². The van der Waals surface area contributed by atoms with Gasteiger partial charge in [-0.15, -0.1) is 6.58 Å². The highest BCUT2D eigenvalue weighted by atomic mass is 16.1. The molecule has 0 spiro atoms. The number of benzene rings is 1. The molecule has 1 aromatic rings. The van der Waals surface area contributed by atoms with Gasteiger partial charge >= 0.3 is 0 Å². The summed E-state index contributed by atoms with van der Waals surface area (Å²) in [6.45, 7) is 8.62. The number of carbonyl (C=O) groups is 1. The molecule has 1 rings (SSSR count). The van der Waals surface area contributed by atoms with E-state index in [0.717, 1.165) is 16.7 Å². The van der Waals surface area contributed by atoms with E-state index >= 15 is 0 Å². The molecular formula is C13H17NO. The fourth-order valence-corrected chi connectivity index (χ4v) is 1.53. The first kappa shape index (κ1) is 11.7. The SMILES string of the molecule is C=CCNCC(=O)c1cc(C)cc(C)c1. The maximum Gasteiger partial charge on any atom is 0.176 e. The Kier molecular flexibility index (Phi) is 4.25. The molecule has 15 heavy (non-hydrogen) atoms. The molecule has 0 aliphatic rings. The molecule has 2 nitrogen and oxygen atoms in total. The predicted octanol–water partition coefficient (Wildman–Crippen LogP) is 2.26. The third kappa shape index (κ3) is 3.68. The summed E-state index contributed by atoms with van der Waals surface area (Å²) in [4.78, 5) is 11.7. The average Bonchev–Trinajstić information content (AvgIpc) is 2.16. The number of carbonyl (C=O) groups excluding carboxylic acids is 1. The van der Waals surface area contributed by atoms with E-state index in [1.807, 2.05) is 26.0 Å². The Morgan fingerprint density at radius 3 is 2.47 bits per heavy atom. The average molecular weight is 203 g/mol. The molecule has 0 aromatic heterocycles. The van der Waals surface area contributed by atoms with E-state index in [-0.39, 0.29) is 5.78 Å². The summed E-state index contributed by atoms with van der Waals surface area (Å²) in [7, 11) is 0. The highest BCUT2D eigenvalue weighted by molar-refractivity contribution is 5.97. The Morgan fingerprint density at radius 1 is 1.33 bits per heavy atom. The van der Waals surface area contributed by atoms with Crippen LogP contribution < -0.4 is 5.32 Å². The van der Waals surface area contributed by atoms with E-state index in [1.165, 1.54) is 0 Å². The van der Waals surface area contributed by atoms with Crippen molar-refractivity contribution in [2.24, 2.45) is 0 Å². The Bertz CT molecular complexity index is 349. The number of hydrogen-bond donors (Lipinski definition) is 1. The lowest BCUT2D eigenvalue weighted by Gasteiger charge is -2.04. The molecule has 0 fully saturated rings. The van der Waals surface area contributed by atoms with Crippen LogP contribution in [0.3, 0.4) is 0 Å². The number of rotatable bonds is 5. The van der Waals surface area contributed by atoms with Crippen molar-refractivity contribution in [1.29, 1.82) is 0 Å². The third-order valence-corrected chi connectivity index (χ3v) is 2.12. The van der Waals surface area contributed by atoms with E-state index in [9.17, 15) is 4.79 Å². The lowest BCUT2D eigenvalue weighted by Crippen LogP contribution is -2.23. The minimum Gasteiger partial charge on any atom is -0.306 e. The second-order valence-electron chi connectivity index (χ2n) is 3.72. The van der Waals surface area contributed by atoms with Gasteiger partial charge in [-0.25, -0.2) is 0 Å². The Morgan fingerprint density at radius 2 is 1.93 bits per heavy atom. The molecule has 1 aromatic carbocycles. The lowest BCUT2D eigenvalue weighted by molar-refractivity contribution is 0.0992. The Hall–Kier alpha value is -1.41. The largest absolute Gasteiger partial charge is 0.306 e. The van der Waals surface area contributed by atoms with Gasteiger partial charge in [0, 0.05) is 12.1 Å². The number of hydrogen-bond acceptors (Lipinski definition) is 2. The van der Waals surface area contributed by atoms with Crippen molar-refractivity contribution < 1.29 is 4.79 Å². The summed E-state index contributed by atoms with van der Waals surface area (Å²) in [6, 6.07) is 5.91. The van der Waals surface area contributed by atoms with E-state index in [4.69, 9.17) is 0 Å². The first-order valence-corrected chi connectivity index (χ1v) is 5.06. The van der Waals surface area contributed by atoms with Crippen LogP contribution in [0.25, 0.3) is 0 Å². The maximum atomic E-state index is 11.7. The van der Waals surface area contributed by atoms with Crippen molar-refractivity contribution >= 4 is 5.78 Å². The van der Waals surface area contributed by atoms with Gasteiger partial charge in [0.1, 0.15) is 0 Å². The van der Waals surface area contributed by atoms with Crippen LogP contribution in [0.4, 0.5) is 0 Å². The van der Waals surface area contributed by atoms with Crippen LogP contribution in [-0.2, 0) is 0 Å². The van der Waals surface area contributed by atoms with Gasteiger partial charge in [0.25, 0.3) is 0 Å². The van der Waals surface area contributed by atoms with Crippen molar-refractivity contribution in [3.8, 4) is 0 Å². The zero-order chi connectivity index (χ0) is 11.3. The summed E-state index contributed by atoms with van der Waals surface area (Å²) in [5.41, 5.74) is 3.04. The van der Waals surface area contributed by atoms with Crippen molar-refractivity contribution in [2.75, 3.05) is 13.1 Å². The van der Waals surface area contributed by atoms with Gasteiger partial charge in [-0.05, 0) is 26.0 Å². The van der Waals surface area contributed by atoms with Gasteiger partial charge in [-0.2, -0.15) is 0 Å². The maximum absolute atomic E-state index is 11.7. The molecule has 0 saturated heterocycles. The second kappa shape index (κ2) is 5.47. The van der Waals surface area contributed by atoms with Crippen LogP contribution in [0, 0.1) is 13.8 Å². The van der Waals surface area contributed by atoms with Crippen LogP contribution in [0.15, 0.2) is 30.9 Å². The number of nitrogens with one attached hydrogen (secondary N) is 1. The minimum absolute atomic E-state index is 0.128. The van der Waals surface area contributed by atoms with Crippen LogP contribution in [-0.4, -0.2) is 18.9 Å². The Balaban J connectivity index is 2.69. The van der Waals surface area contributed by atoms with Crippen LogP contribution in [0.5, 0.6) is 0 Å². The number of aryl methyl sites for hydroxylation is 2. The first-order chi connectivity index (χ1) is 7.13. The molecule has 80 valence electrons. The van der Waals surface area contributed by atoms with Gasteiger partial charge in [-0.1, -0.05) is 23.3 Å². The summed E-state index contributed by atoms with van der Waals surface area (Å²) in [5.74, 6) is 0.128. The molecule has 0 heterocycles. The van der Waals surface area contributed by atoms with Gasteiger partial charge in [0.05, 0.1) is 6.54 Å². The van der Waals surface area contributed by atoms with Crippen LogP contribution in [0.2, 0.25) is 0 Å². The van der Waals surface area contributed by atoms with E-state index in [0.29, 0.717) is 13.1 Å². The lowest BCUT2D eigenvalue weighted by atomic mass is 10.0. The first-order valence-electron chi connectivity index (χ1n) is 5.06. The molecule has 0 radical (unpaired) electrons. The van der Waals surface area contributed by atoms with Crippen molar-refractivity contribution in [1.82, 2.24) is 5.32 Å². The Labute approximate surface area is 91.0 Å². The highest BCUT2D eigenvalue weighted by Gasteiger charge is 2.05. The summed E-state index contributed by atoms with van der Waals surface area (Å²) in [5, 5.41) is 3.00. The van der Waals surface area contributed by atoms with Gasteiger partial charge in [0.15, 0.2) is 5.78 Å². The van der Waals surface area contributed by atoms with E-state index in [1.54, 1.807) is 6.08 Å². The zero-order valence-corrected chi connectivity index (χ0v) is 9.34. The highest BCUT2D eigenvalue weighted by Crippen LogP contribution is 2.09. The fraction of sp³-hybridized carbons (Fsp3) is 0.308. The smallest absolute Gasteiger partial charge is 0.176 e. The number of ketones is 1. The van der Waals surface area contributed by atoms with Gasteiger partial charge in [0.2, 0.25) is 0 Å². The topological polar surface area (TPSA) is 29.1 Å². The standard InChI is InChI=1S/C13H17NO/c1-4-5-14-9-13(15)12-7-10(2)6-11(3)8-12/h4,6-8,14H,1,5,9H2,2-3H3. The zero-order valence-electron chi connectivity index (χ0n) is 9.34. The quantitative estimate of drug-likeness (QED) is 0.452. The number of Topliss-reactive ketones (excluding diaryl/α,β-unsaturated/α-hetero) is 1.